The van der Waals surface area contributed by atoms with Gasteiger partial charge in [0.1, 0.15) is 0 Å². The number of hydrogen-bond acceptors (Lipinski definition) is 3. The Labute approximate surface area is 159 Å². The van der Waals surface area contributed by atoms with Crippen molar-refractivity contribution in [2.75, 3.05) is 10.6 Å². The summed E-state index contributed by atoms with van der Waals surface area (Å²) in [5, 5.41) is 5.85. The van der Waals surface area contributed by atoms with Crippen LogP contribution in [0.3, 0.4) is 0 Å². The third-order valence-electron chi connectivity index (χ3n) is 5.07. The smallest absolute Gasteiger partial charge is 0.227 e. The Morgan fingerprint density at radius 2 is 1.15 bits per heavy atom. The first-order valence-electron chi connectivity index (χ1n) is 9.30. The zero-order valence-electron chi connectivity index (χ0n) is 15.4. The first-order valence-corrected chi connectivity index (χ1v) is 9.30. The highest BCUT2D eigenvalue weighted by Gasteiger charge is 2.30. The zero-order valence-corrected chi connectivity index (χ0v) is 15.4. The number of benzene rings is 2. The van der Waals surface area contributed by atoms with Gasteiger partial charge in [0.2, 0.25) is 11.8 Å². The fraction of sp³-hybridized carbons (Fsp3) is 0.318. The molecule has 2 N–H and O–H groups in total. The minimum atomic E-state index is -0.0849. The molecule has 1 aliphatic carbocycles. The predicted octanol–water partition coefficient (Wildman–Crippen LogP) is 4.27. The Balaban J connectivity index is 1.48. The van der Waals surface area contributed by atoms with Crippen LogP contribution >= 0.6 is 0 Å². The molecule has 0 bridgehead atoms. The maximum Gasteiger partial charge on any atom is 0.227 e. The van der Waals surface area contributed by atoms with Gasteiger partial charge in [-0.2, -0.15) is 0 Å². The summed E-state index contributed by atoms with van der Waals surface area (Å²) in [6, 6.07) is 16.3. The number of anilines is 2. The highest BCUT2D eigenvalue weighted by atomic mass is 16.2. The average Bonchev–Trinajstić information content (AvgIpc) is 2.69. The van der Waals surface area contributed by atoms with E-state index in [0.717, 1.165) is 5.69 Å². The maximum absolute atomic E-state index is 12.5. The Kier molecular flexibility index (Phi) is 6.01. The molecule has 0 unspecified atom stereocenters. The van der Waals surface area contributed by atoms with Gasteiger partial charge in [-0.1, -0.05) is 18.2 Å². The van der Waals surface area contributed by atoms with Gasteiger partial charge in [-0.15, -0.1) is 0 Å². The molecule has 27 heavy (non-hydrogen) atoms. The zero-order chi connectivity index (χ0) is 19.2. The van der Waals surface area contributed by atoms with Crippen molar-refractivity contribution in [2.24, 2.45) is 11.8 Å². The number of nitrogens with one attached hydrogen (secondary N) is 2. The summed E-state index contributed by atoms with van der Waals surface area (Å²) in [6.45, 7) is 1.51. The number of ketones is 1. The Morgan fingerprint density at radius 3 is 1.59 bits per heavy atom. The molecule has 2 aromatic rings. The van der Waals surface area contributed by atoms with Gasteiger partial charge in [-0.3, -0.25) is 14.4 Å². The van der Waals surface area contributed by atoms with Crippen LogP contribution in [-0.2, 0) is 9.59 Å². The van der Waals surface area contributed by atoms with E-state index in [2.05, 4.69) is 10.6 Å². The Morgan fingerprint density at radius 1 is 0.704 bits per heavy atom. The molecule has 2 amide bonds. The van der Waals surface area contributed by atoms with Crippen LogP contribution in [0.4, 0.5) is 11.4 Å². The van der Waals surface area contributed by atoms with Crippen LogP contribution in [0.15, 0.2) is 54.6 Å². The molecule has 3 rings (SSSR count). The molecule has 1 aliphatic rings. The fourth-order valence-corrected chi connectivity index (χ4v) is 3.42. The van der Waals surface area contributed by atoms with Crippen molar-refractivity contribution >= 4 is 29.0 Å². The molecule has 140 valence electrons. The molecule has 1 fully saturated rings. The standard InChI is InChI=1S/C22H24N2O3/c1-15(25)16-11-13-20(14-12-16)24-22(27)18-9-7-17(8-10-18)21(26)23-19-5-3-2-4-6-19/h2-6,11-14,17-18H,7-10H2,1H3,(H,23,26)(H,24,27). The van der Waals surface area contributed by atoms with Crippen LogP contribution in [-0.4, -0.2) is 17.6 Å². The maximum atomic E-state index is 12.5. The van der Waals surface area contributed by atoms with Gasteiger partial charge in [-0.05, 0) is 69.0 Å². The number of amides is 2. The van der Waals surface area contributed by atoms with Crippen LogP contribution in [0.5, 0.6) is 0 Å². The van der Waals surface area contributed by atoms with E-state index in [0.29, 0.717) is 36.9 Å². The molecular formula is C22H24N2O3. The van der Waals surface area contributed by atoms with Gasteiger partial charge >= 0.3 is 0 Å². The SMILES string of the molecule is CC(=O)c1ccc(NC(=O)C2CCC(C(=O)Nc3ccccc3)CC2)cc1. The highest BCUT2D eigenvalue weighted by molar-refractivity contribution is 5.96. The van der Waals surface area contributed by atoms with E-state index < -0.39 is 0 Å². The van der Waals surface area contributed by atoms with Gasteiger partial charge in [0.15, 0.2) is 5.78 Å². The molecule has 0 spiro atoms. The van der Waals surface area contributed by atoms with Crippen molar-refractivity contribution in [3.63, 3.8) is 0 Å². The number of rotatable bonds is 5. The summed E-state index contributed by atoms with van der Waals surface area (Å²) in [4.78, 5) is 36.2. The second-order valence-corrected chi connectivity index (χ2v) is 7.03. The summed E-state index contributed by atoms with van der Waals surface area (Å²) >= 11 is 0. The number of Topliss-reactive ketones (excluding diaryl/α,β-unsaturated/α-hetero) is 1. The van der Waals surface area contributed by atoms with Gasteiger partial charge in [0.05, 0.1) is 0 Å². The number of para-hydroxylation sites is 1. The van der Waals surface area contributed by atoms with E-state index in [4.69, 9.17) is 0 Å². The lowest BCUT2D eigenvalue weighted by atomic mass is 9.81. The van der Waals surface area contributed by atoms with Crippen molar-refractivity contribution in [3.05, 3.63) is 60.2 Å². The summed E-state index contributed by atoms with van der Waals surface area (Å²) in [6.07, 6.45) is 2.81. The molecule has 0 aliphatic heterocycles. The average molecular weight is 364 g/mol. The predicted molar refractivity (Wildman–Crippen MR) is 106 cm³/mol. The number of carbonyl (C=O) groups excluding carboxylic acids is 3. The molecular weight excluding hydrogens is 340 g/mol. The molecule has 0 aromatic heterocycles. The minimum absolute atomic E-state index is 0.0000202. The van der Waals surface area contributed by atoms with Crippen molar-refractivity contribution < 1.29 is 14.4 Å². The van der Waals surface area contributed by atoms with E-state index in [9.17, 15) is 14.4 Å². The first-order chi connectivity index (χ1) is 13.0. The van der Waals surface area contributed by atoms with E-state index in [1.807, 2.05) is 30.3 Å². The highest BCUT2D eigenvalue weighted by Crippen LogP contribution is 2.30. The van der Waals surface area contributed by atoms with Gasteiger partial charge in [-0.25, -0.2) is 0 Å². The van der Waals surface area contributed by atoms with Crippen molar-refractivity contribution in [2.45, 2.75) is 32.6 Å². The molecule has 0 heterocycles. The summed E-state index contributed by atoms with van der Waals surface area (Å²) in [7, 11) is 0. The van der Waals surface area contributed by atoms with Gasteiger partial charge in [0, 0.05) is 28.8 Å². The van der Waals surface area contributed by atoms with Gasteiger partial charge < -0.3 is 10.6 Å². The topological polar surface area (TPSA) is 75.3 Å². The lowest BCUT2D eigenvalue weighted by Crippen LogP contribution is -2.32. The van der Waals surface area contributed by atoms with Crippen molar-refractivity contribution in [1.29, 1.82) is 0 Å². The van der Waals surface area contributed by atoms with Crippen molar-refractivity contribution in [1.82, 2.24) is 0 Å². The van der Waals surface area contributed by atoms with E-state index in [1.165, 1.54) is 6.92 Å². The number of hydrogen-bond donors (Lipinski definition) is 2. The number of carbonyl (C=O) groups is 3. The van der Waals surface area contributed by atoms with Crippen LogP contribution < -0.4 is 10.6 Å². The Hall–Kier alpha value is -2.95. The molecule has 0 saturated heterocycles. The molecule has 2 aromatic carbocycles. The van der Waals surface area contributed by atoms with Crippen LogP contribution in [0.2, 0.25) is 0 Å². The van der Waals surface area contributed by atoms with Crippen LogP contribution in [0.1, 0.15) is 43.0 Å². The second kappa shape index (κ2) is 8.62. The molecule has 0 atom stereocenters. The quantitative estimate of drug-likeness (QED) is 0.778. The third-order valence-corrected chi connectivity index (χ3v) is 5.07. The van der Waals surface area contributed by atoms with Crippen LogP contribution in [0.25, 0.3) is 0 Å². The summed E-state index contributed by atoms with van der Waals surface area (Å²) in [5.74, 6) is -0.130. The lowest BCUT2D eigenvalue weighted by molar-refractivity contribution is -0.125. The largest absolute Gasteiger partial charge is 0.326 e. The van der Waals surface area contributed by atoms with E-state index in [-0.39, 0.29) is 29.4 Å². The second-order valence-electron chi connectivity index (χ2n) is 7.03. The lowest BCUT2D eigenvalue weighted by Gasteiger charge is -2.27. The van der Waals surface area contributed by atoms with Crippen molar-refractivity contribution in [3.8, 4) is 0 Å². The molecule has 1 saturated carbocycles. The molecule has 5 heteroatoms. The Bertz CT molecular complexity index is 807. The summed E-state index contributed by atoms with van der Waals surface area (Å²) in [5.41, 5.74) is 2.11. The monoisotopic (exact) mass is 364 g/mol. The van der Waals surface area contributed by atoms with Gasteiger partial charge in [0.25, 0.3) is 0 Å². The third kappa shape index (κ3) is 5.03. The van der Waals surface area contributed by atoms with Crippen LogP contribution in [0, 0.1) is 11.8 Å². The van der Waals surface area contributed by atoms with E-state index >= 15 is 0 Å². The van der Waals surface area contributed by atoms with E-state index in [1.54, 1.807) is 24.3 Å². The first kappa shape index (κ1) is 18.8. The normalized spacial score (nSPS) is 19.1. The molecule has 0 radical (unpaired) electrons. The minimum Gasteiger partial charge on any atom is -0.326 e. The summed E-state index contributed by atoms with van der Waals surface area (Å²) < 4.78 is 0. The molecule has 5 nitrogen and oxygen atoms in total. The fourth-order valence-electron chi connectivity index (χ4n) is 3.42.